The van der Waals surface area contributed by atoms with Gasteiger partial charge in [-0.25, -0.2) is 4.79 Å². The molecule has 38 heavy (non-hydrogen) atoms. The fourth-order valence-corrected chi connectivity index (χ4v) is 5.94. The van der Waals surface area contributed by atoms with E-state index in [4.69, 9.17) is 19.2 Å². The molecule has 1 aliphatic heterocycles. The molecule has 0 fully saturated rings. The van der Waals surface area contributed by atoms with Crippen LogP contribution in [0, 0.1) is 6.92 Å². The molecule has 4 aromatic rings. The second-order valence-electron chi connectivity index (χ2n) is 9.32. The lowest BCUT2D eigenvalue weighted by molar-refractivity contribution is 0.0237. The number of anilines is 1. The van der Waals surface area contributed by atoms with Crippen LogP contribution in [-0.2, 0) is 16.9 Å². The van der Waals surface area contributed by atoms with Crippen LogP contribution in [0.4, 0.5) is 5.69 Å². The van der Waals surface area contributed by atoms with Crippen molar-refractivity contribution in [1.82, 2.24) is 9.55 Å². The van der Waals surface area contributed by atoms with Gasteiger partial charge in [-0.1, -0.05) is 6.07 Å². The van der Waals surface area contributed by atoms with Gasteiger partial charge in [0, 0.05) is 59.8 Å². The Hall–Kier alpha value is -4.00. The number of nitrogens with zero attached hydrogens (tertiary/aromatic N) is 3. The number of ether oxygens (including phenoxy) is 3. The fourth-order valence-electron chi connectivity index (χ4n) is 5.94. The van der Waals surface area contributed by atoms with E-state index >= 15 is 0 Å². The molecule has 0 aliphatic carbocycles. The van der Waals surface area contributed by atoms with Gasteiger partial charge in [0.2, 0.25) is 5.60 Å². The van der Waals surface area contributed by atoms with Gasteiger partial charge in [-0.15, -0.1) is 0 Å². The number of hydrogen-bond donors (Lipinski definition) is 0. The maximum Gasteiger partial charge on any atom is 0.341 e. The zero-order chi connectivity index (χ0) is 27.0. The molecule has 3 heterocycles. The van der Waals surface area contributed by atoms with Gasteiger partial charge in [0.15, 0.2) is 0 Å². The molecule has 7 nitrogen and oxygen atoms in total. The summed E-state index contributed by atoms with van der Waals surface area (Å²) >= 11 is 0. The van der Waals surface area contributed by atoms with Crippen LogP contribution < -0.4 is 14.4 Å². The molecule has 0 saturated carbocycles. The van der Waals surface area contributed by atoms with Crippen molar-refractivity contribution in [3.05, 3.63) is 82.8 Å². The third-order valence-electron chi connectivity index (χ3n) is 7.58. The Morgan fingerprint density at radius 1 is 1.03 bits per heavy atom. The van der Waals surface area contributed by atoms with Crippen LogP contribution in [0.3, 0.4) is 0 Å². The van der Waals surface area contributed by atoms with Crippen molar-refractivity contribution in [2.75, 3.05) is 31.7 Å². The molecule has 0 spiro atoms. The molecule has 0 N–H and O–H groups in total. The van der Waals surface area contributed by atoms with Gasteiger partial charge >= 0.3 is 5.97 Å². The van der Waals surface area contributed by atoms with Crippen molar-refractivity contribution < 1.29 is 19.0 Å². The lowest BCUT2D eigenvalue weighted by Crippen LogP contribution is -2.32. The van der Waals surface area contributed by atoms with Gasteiger partial charge in [-0.05, 0) is 71.0 Å². The number of pyridine rings is 1. The van der Waals surface area contributed by atoms with Gasteiger partial charge in [0.05, 0.1) is 24.8 Å². The summed E-state index contributed by atoms with van der Waals surface area (Å²) in [6.07, 6.45) is 1.71. The summed E-state index contributed by atoms with van der Waals surface area (Å²) in [5.41, 5.74) is 4.32. The summed E-state index contributed by atoms with van der Waals surface area (Å²) in [4.78, 5) is 20.5. The zero-order valence-electron chi connectivity index (χ0n) is 23.0. The van der Waals surface area contributed by atoms with Crippen molar-refractivity contribution >= 4 is 22.6 Å². The largest absolute Gasteiger partial charge is 0.496 e. The first-order valence-electron chi connectivity index (χ1n) is 13.3. The van der Waals surface area contributed by atoms with Crippen LogP contribution in [0.5, 0.6) is 11.5 Å². The molecule has 7 heteroatoms. The summed E-state index contributed by atoms with van der Waals surface area (Å²) in [7, 11) is 1.67. The third kappa shape index (κ3) is 3.63. The number of carbonyl (C=O) groups excluding carboxylic acids is 1. The molecule has 0 amide bonds. The topological polar surface area (TPSA) is 65.8 Å². The lowest BCUT2D eigenvalue weighted by atomic mass is 9.80. The summed E-state index contributed by atoms with van der Waals surface area (Å²) in [6, 6.07) is 15.7. The molecule has 1 atom stereocenters. The van der Waals surface area contributed by atoms with Crippen LogP contribution >= 0.6 is 0 Å². The van der Waals surface area contributed by atoms with Gasteiger partial charge in [-0.2, -0.15) is 0 Å². The Kier molecular flexibility index (Phi) is 6.78. The average molecular weight is 514 g/mol. The maximum absolute atomic E-state index is 13.5. The van der Waals surface area contributed by atoms with Crippen LogP contribution in [0.2, 0.25) is 0 Å². The number of cyclic esters (lactones) is 1. The highest BCUT2D eigenvalue weighted by molar-refractivity contribution is 5.99. The van der Waals surface area contributed by atoms with Gasteiger partial charge in [0.1, 0.15) is 17.2 Å². The predicted octanol–water partition coefficient (Wildman–Crippen LogP) is 6.08. The molecule has 2 aromatic heterocycles. The van der Waals surface area contributed by atoms with Crippen LogP contribution in [0.25, 0.3) is 10.9 Å². The van der Waals surface area contributed by atoms with E-state index in [1.807, 2.05) is 31.2 Å². The number of fused-ring (bicyclic) bond motifs is 2. The molecule has 0 saturated heterocycles. The van der Waals surface area contributed by atoms with E-state index in [1.165, 1.54) is 0 Å². The number of esters is 1. The Morgan fingerprint density at radius 2 is 1.82 bits per heavy atom. The number of aryl methyl sites for hydroxylation is 1. The Morgan fingerprint density at radius 3 is 2.50 bits per heavy atom. The molecule has 0 bridgehead atoms. The second kappa shape index (κ2) is 10.0. The molecule has 1 unspecified atom stereocenters. The number of benzene rings is 2. The van der Waals surface area contributed by atoms with Crippen LogP contribution in [-0.4, -0.2) is 42.3 Å². The Balaban J connectivity index is 1.94. The minimum atomic E-state index is -1.32. The van der Waals surface area contributed by atoms with E-state index in [9.17, 15) is 4.79 Å². The number of carbonyl (C=O) groups is 1. The molecule has 2 aromatic carbocycles. The third-order valence-corrected chi connectivity index (χ3v) is 7.58. The summed E-state index contributed by atoms with van der Waals surface area (Å²) in [5, 5.41) is 0.899. The second-order valence-corrected chi connectivity index (χ2v) is 9.32. The first-order valence-corrected chi connectivity index (χ1v) is 13.3. The quantitative estimate of drug-likeness (QED) is 0.253. The molecule has 0 radical (unpaired) electrons. The monoisotopic (exact) mass is 513 g/mol. The van der Waals surface area contributed by atoms with Crippen molar-refractivity contribution in [1.29, 1.82) is 0 Å². The minimum Gasteiger partial charge on any atom is -0.496 e. The highest BCUT2D eigenvalue weighted by atomic mass is 16.6. The van der Waals surface area contributed by atoms with E-state index < -0.39 is 11.6 Å². The SMILES string of the molecule is CCOc1cc(N(CC)CC)ccc1C1(c2c(C)n(CC)c3cccc(OC)c23)OC(=O)c2cccnc21. The van der Waals surface area contributed by atoms with E-state index in [1.54, 1.807) is 25.4 Å². The van der Waals surface area contributed by atoms with E-state index in [0.29, 0.717) is 29.4 Å². The zero-order valence-corrected chi connectivity index (χ0v) is 23.0. The molecular formula is C31H35N3O4. The fraction of sp³-hybridized carbons (Fsp3) is 0.355. The molecular weight excluding hydrogens is 478 g/mol. The number of rotatable bonds is 9. The van der Waals surface area contributed by atoms with Gasteiger partial charge < -0.3 is 23.7 Å². The van der Waals surface area contributed by atoms with Crippen molar-refractivity contribution in [3.63, 3.8) is 0 Å². The van der Waals surface area contributed by atoms with Crippen LogP contribution in [0.15, 0.2) is 54.7 Å². The average Bonchev–Trinajstić information content (AvgIpc) is 3.40. The highest BCUT2D eigenvalue weighted by Gasteiger charge is 2.54. The molecule has 198 valence electrons. The van der Waals surface area contributed by atoms with Gasteiger partial charge in [0.25, 0.3) is 0 Å². The van der Waals surface area contributed by atoms with Crippen molar-refractivity contribution in [3.8, 4) is 11.5 Å². The van der Waals surface area contributed by atoms with Crippen molar-refractivity contribution in [2.45, 2.75) is 46.8 Å². The van der Waals surface area contributed by atoms with Gasteiger partial charge in [-0.3, -0.25) is 4.98 Å². The summed E-state index contributed by atoms with van der Waals surface area (Å²) in [6.45, 7) is 13.4. The highest BCUT2D eigenvalue weighted by Crippen LogP contribution is 2.54. The number of aromatic nitrogens is 2. The van der Waals surface area contributed by atoms with Crippen molar-refractivity contribution in [2.24, 2.45) is 0 Å². The Labute approximate surface area is 224 Å². The summed E-state index contributed by atoms with van der Waals surface area (Å²) in [5.74, 6) is 0.968. The van der Waals surface area contributed by atoms with E-state index in [2.05, 4.69) is 49.3 Å². The molecule has 1 aliphatic rings. The first kappa shape index (κ1) is 25.6. The molecule has 5 rings (SSSR count). The lowest BCUT2D eigenvalue weighted by Gasteiger charge is -2.32. The smallest absolute Gasteiger partial charge is 0.341 e. The number of hydrogen-bond acceptors (Lipinski definition) is 6. The Bertz CT molecular complexity index is 1500. The van der Waals surface area contributed by atoms with Crippen LogP contribution in [0.1, 0.15) is 60.6 Å². The van der Waals surface area contributed by atoms with E-state index in [-0.39, 0.29) is 0 Å². The standard InChI is InChI=1S/C31H35N3O4/c1-7-33(8-2)21-16-17-23(26(19-21)37-10-4)31(29-22(30(35)38-31)13-12-18-32-29)28-20(5)34(9-3)24-14-11-15-25(36-6)27(24)28/h11-19H,7-10H2,1-6H3. The normalized spacial score (nSPS) is 16.4. The maximum atomic E-state index is 13.5. The number of methoxy groups -OCH3 is 1. The predicted molar refractivity (Wildman–Crippen MR) is 150 cm³/mol. The van der Waals surface area contributed by atoms with E-state index in [0.717, 1.165) is 53.0 Å². The summed E-state index contributed by atoms with van der Waals surface area (Å²) < 4.78 is 20.9. The first-order chi connectivity index (χ1) is 18.5. The minimum absolute atomic E-state index is 0.407.